The van der Waals surface area contributed by atoms with E-state index in [4.69, 9.17) is 11.2 Å². The van der Waals surface area contributed by atoms with Crippen LogP contribution >= 0.6 is 0 Å². The number of carbonyl (C=O) groups excluding carboxylic acids is 6. The summed E-state index contributed by atoms with van der Waals surface area (Å²) in [7, 11) is 0. The number of nitrogens with one attached hydrogen (secondary N) is 5. The molecule has 2 fully saturated rings. The summed E-state index contributed by atoms with van der Waals surface area (Å²) in [5.74, 6) is -0.252. The Bertz CT molecular complexity index is 1250. The predicted octanol–water partition coefficient (Wildman–Crippen LogP) is 3.18. The third kappa shape index (κ3) is 12.4. The topological polar surface area (TPSA) is 175 Å². The van der Waals surface area contributed by atoms with Crippen molar-refractivity contribution in [3.8, 4) is 12.3 Å². The van der Waals surface area contributed by atoms with Gasteiger partial charge in [-0.1, -0.05) is 60.0 Å². The molecule has 13 nitrogen and oxygen atoms in total. The zero-order valence-corrected chi connectivity index (χ0v) is 30.4. The molecule has 274 valence electrons. The number of amides is 6. The maximum Gasteiger partial charge on any atom is 0.407 e. The number of likely N-dealkylation sites (tertiary alicyclic amines) is 1. The zero-order valence-electron chi connectivity index (χ0n) is 30.4. The van der Waals surface area contributed by atoms with Gasteiger partial charge in [0, 0.05) is 25.6 Å². The van der Waals surface area contributed by atoms with Crippen LogP contribution in [-0.2, 0) is 23.9 Å². The van der Waals surface area contributed by atoms with Crippen molar-refractivity contribution in [1.29, 1.82) is 0 Å². The number of hydrogen-bond acceptors (Lipinski definition) is 7. The summed E-state index contributed by atoms with van der Waals surface area (Å²) >= 11 is 0. The van der Waals surface area contributed by atoms with Gasteiger partial charge in [0.2, 0.25) is 17.6 Å². The summed E-state index contributed by atoms with van der Waals surface area (Å²) in [6.45, 7) is 17.1. The van der Waals surface area contributed by atoms with E-state index in [1.54, 1.807) is 0 Å². The molecule has 0 aromatic carbocycles. The number of hydrogen-bond donors (Lipinski definition) is 5. The smallest absolute Gasteiger partial charge is 0.407 e. The van der Waals surface area contributed by atoms with Gasteiger partial charge in [-0.2, -0.15) is 0 Å². The average molecular weight is 687 g/mol. The van der Waals surface area contributed by atoms with E-state index < -0.39 is 64.7 Å². The van der Waals surface area contributed by atoms with E-state index >= 15 is 0 Å². The Hall–Kier alpha value is -4.08. The number of alkyl carbamates (subject to hydrolysis) is 1. The minimum absolute atomic E-state index is 0.0384. The second kappa shape index (κ2) is 18.6. The summed E-state index contributed by atoms with van der Waals surface area (Å²) in [5, 5.41) is 13.7. The molecule has 1 heterocycles. The summed E-state index contributed by atoms with van der Waals surface area (Å²) < 4.78 is 5.39. The van der Waals surface area contributed by atoms with Gasteiger partial charge in [-0.15, -0.1) is 18.9 Å². The molecule has 0 spiro atoms. The van der Waals surface area contributed by atoms with E-state index in [9.17, 15) is 28.8 Å². The van der Waals surface area contributed by atoms with Crippen LogP contribution in [0.25, 0.3) is 0 Å². The number of ether oxygens (including phenoxy) is 1. The maximum atomic E-state index is 14.5. The minimum atomic E-state index is -1.17. The van der Waals surface area contributed by atoms with E-state index in [-0.39, 0.29) is 50.4 Å². The molecule has 5 N–H and O–H groups in total. The van der Waals surface area contributed by atoms with Crippen LogP contribution in [0.4, 0.5) is 9.59 Å². The normalized spacial score (nSPS) is 20.5. The fourth-order valence-electron chi connectivity index (χ4n) is 6.34. The SMILES string of the molecule is C#CCCC(NC(=O)C1C[C@@H](C)CN1C(=O)C(NC(=O)N[C@H](COC(=O)NC(C)C)C(C)(C)C)C1(C)CCCCC1)C(=O)C(=O)NCC=C. The van der Waals surface area contributed by atoms with Gasteiger partial charge in [0.25, 0.3) is 5.91 Å². The number of ketones is 1. The van der Waals surface area contributed by atoms with E-state index in [1.807, 2.05) is 48.5 Å². The van der Waals surface area contributed by atoms with Gasteiger partial charge in [-0.25, -0.2) is 9.59 Å². The highest BCUT2D eigenvalue weighted by molar-refractivity contribution is 6.38. The molecule has 1 aliphatic carbocycles. The summed E-state index contributed by atoms with van der Waals surface area (Å²) in [5.41, 5.74) is -1.08. The third-order valence-corrected chi connectivity index (χ3v) is 9.29. The van der Waals surface area contributed by atoms with Crippen LogP contribution in [0.2, 0.25) is 0 Å². The van der Waals surface area contributed by atoms with E-state index in [2.05, 4.69) is 39.1 Å². The third-order valence-electron chi connectivity index (χ3n) is 9.29. The van der Waals surface area contributed by atoms with E-state index in [0.29, 0.717) is 19.3 Å². The number of nitrogens with zero attached hydrogens (tertiary/aromatic N) is 1. The van der Waals surface area contributed by atoms with Crippen LogP contribution < -0.4 is 26.6 Å². The first kappa shape index (κ1) is 41.1. The number of terminal acetylenes is 1. The van der Waals surface area contributed by atoms with Crippen molar-refractivity contribution in [2.45, 2.75) is 130 Å². The Morgan fingerprint density at radius 1 is 1.04 bits per heavy atom. The Morgan fingerprint density at radius 2 is 1.69 bits per heavy atom. The van der Waals surface area contributed by atoms with Gasteiger partial charge in [0.1, 0.15) is 18.7 Å². The standard InChI is InChI=1S/C36H58N6O7/c1-10-12-16-25(28(43)31(45)37-19-11-2)39-30(44)26-20-24(5)21-42(26)32(46)29(36(9)17-14-13-15-18-36)41-33(47)40-27(35(6,7)8)22-49-34(48)38-23(3)4/h1,11,23-27,29H,2,12-22H2,3-9H3,(H,37,45)(H,38,48)(H,39,44)(H2,40,41,47)/t24-,25?,26?,27-,29?/m1/s1. The molecule has 5 atom stereocenters. The maximum absolute atomic E-state index is 14.5. The van der Waals surface area contributed by atoms with Gasteiger partial charge < -0.3 is 36.2 Å². The Balaban J connectivity index is 2.32. The largest absolute Gasteiger partial charge is 0.447 e. The van der Waals surface area contributed by atoms with Crippen molar-refractivity contribution in [1.82, 2.24) is 31.5 Å². The van der Waals surface area contributed by atoms with Gasteiger partial charge in [0.15, 0.2) is 0 Å². The van der Waals surface area contributed by atoms with Gasteiger partial charge >= 0.3 is 12.1 Å². The van der Waals surface area contributed by atoms with Crippen molar-refractivity contribution >= 4 is 35.6 Å². The van der Waals surface area contributed by atoms with Crippen LogP contribution in [0.5, 0.6) is 0 Å². The van der Waals surface area contributed by atoms with Crippen molar-refractivity contribution < 1.29 is 33.5 Å². The lowest BCUT2D eigenvalue weighted by molar-refractivity contribution is -0.144. The number of urea groups is 1. The molecule has 0 bridgehead atoms. The molecule has 6 amide bonds. The van der Waals surface area contributed by atoms with Crippen molar-refractivity contribution in [2.24, 2.45) is 16.7 Å². The molecule has 0 radical (unpaired) electrons. The summed E-state index contributed by atoms with van der Waals surface area (Å²) in [6.07, 6.45) is 11.0. The second-order valence-electron chi connectivity index (χ2n) is 15.1. The first-order chi connectivity index (χ1) is 22.9. The highest BCUT2D eigenvalue weighted by atomic mass is 16.5. The molecule has 1 saturated heterocycles. The molecule has 2 aliphatic rings. The quantitative estimate of drug-likeness (QED) is 0.0999. The minimum Gasteiger partial charge on any atom is -0.447 e. The zero-order chi connectivity index (χ0) is 36.9. The Kier molecular flexibility index (Phi) is 15.6. The molecule has 13 heteroatoms. The van der Waals surface area contributed by atoms with E-state index in [0.717, 1.165) is 19.3 Å². The lowest BCUT2D eigenvalue weighted by atomic mass is 9.70. The predicted molar refractivity (Wildman–Crippen MR) is 187 cm³/mol. The van der Waals surface area contributed by atoms with E-state index in [1.165, 1.54) is 11.0 Å². The Morgan fingerprint density at radius 3 is 2.27 bits per heavy atom. The van der Waals surface area contributed by atoms with Crippen molar-refractivity contribution in [2.75, 3.05) is 19.7 Å². The van der Waals surface area contributed by atoms with Crippen LogP contribution in [0.3, 0.4) is 0 Å². The van der Waals surface area contributed by atoms with Crippen molar-refractivity contribution in [3.63, 3.8) is 0 Å². The highest BCUT2D eigenvalue weighted by Gasteiger charge is 2.48. The lowest BCUT2D eigenvalue weighted by Gasteiger charge is -2.42. The second-order valence-corrected chi connectivity index (χ2v) is 15.1. The fraction of sp³-hybridized carbons (Fsp3) is 0.722. The molecule has 1 aliphatic heterocycles. The van der Waals surface area contributed by atoms with Crippen LogP contribution in [0.15, 0.2) is 12.7 Å². The van der Waals surface area contributed by atoms with Gasteiger partial charge in [0.05, 0.1) is 12.1 Å². The fourth-order valence-corrected chi connectivity index (χ4v) is 6.34. The monoisotopic (exact) mass is 686 g/mol. The van der Waals surface area contributed by atoms with Crippen LogP contribution in [-0.4, -0.2) is 90.4 Å². The molecule has 2 rings (SSSR count). The highest BCUT2D eigenvalue weighted by Crippen LogP contribution is 2.40. The molecular weight excluding hydrogens is 628 g/mol. The van der Waals surface area contributed by atoms with Gasteiger partial charge in [-0.05, 0) is 56.3 Å². The molecule has 1 saturated carbocycles. The number of rotatable bonds is 15. The molecule has 3 unspecified atom stereocenters. The molecule has 49 heavy (non-hydrogen) atoms. The summed E-state index contributed by atoms with van der Waals surface area (Å²) in [4.78, 5) is 81.0. The number of carbonyl (C=O) groups is 6. The van der Waals surface area contributed by atoms with Crippen LogP contribution in [0.1, 0.15) is 99.8 Å². The molecule has 0 aromatic heterocycles. The Labute approximate surface area is 291 Å². The molecular formula is C36H58N6O7. The first-order valence-electron chi connectivity index (χ1n) is 17.4. The van der Waals surface area contributed by atoms with Gasteiger partial charge in [-0.3, -0.25) is 19.2 Å². The van der Waals surface area contributed by atoms with Crippen molar-refractivity contribution in [3.05, 3.63) is 12.7 Å². The average Bonchev–Trinajstić information content (AvgIpc) is 3.43. The number of Topliss-reactive ketones (excluding diaryl/α,β-unsaturated/α-hetero) is 1. The lowest BCUT2D eigenvalue weighted by Crippen LogP contribution is -2.62. The summed E-state index contributed by atoms with van der Waals surface area (Å²) in [6, 6.07) is -4.33. The molecule has 0 aromatic rings. The first-order valence-corrected chi connectivity index (χ1v) is 17.4. The van der Waals surface area contributed by atoms with Crippen LogP contribution in [0, 0.1) is 29.1 Å².